The lowest BCUT2D eigenvalue weighted by Gasteiger charge is -2.20. The fourth-order valence-corrected chi connectivity index (χ4v) is 2.26. The minimum atomic E-state index is 0.517. The summed E-state index contributed by atoms with van der Waals surface area (Å²) in [5.74, 6) is 0.924. The maximum atomic E-state index is 4.33. The second-order valence-corrected chi connectivity index (χ2v) is 5.26. The summed E-state index contributed by atoms with van der Waals surface area (Å²) < 4.78 is 2.24. The predicted molar refractivity (Wildman–Crippen MR) is 66.5 cm³/mol. The molecule has 1 fully saturated rings. The molecule has 2 unspecified atom stereocenters. The lowest BCUT2D eigenvalue weighted by Crippen LogP contribution is -2.38. The van der Waals surface area contributed by atoms with Crippen LogP contribution in [0.2, 0.25) is 0 Å². The summed E-state index contributed by atoms with van der Waals surface area (Å²) in [6, 6.07) is 1.18. The van der Waals surface area contributed by atoms with Crippen LogP contribution in [-0.2, 0) is 6.54 Å². The minimum absolute atomic E-state index is 0.517. The Morgan fingerprint density at radius 3 is 2.62 bits per heavy atom. The minimum Gasteiger partial charge on any atom is -0.333 e. The molecule has 1 aliphatic carbocycles. The molecule has 0 bridgehead atoms. The average molecular weight is 221 g/mol. The molecule has 2 rings (SSSR count). The van der Waals surface area contributed by atoms with Crippen LogP contribution in [-0.4, -0.2) is 21.6 Å². The summed E-state index contributed by atoms with van der Waals surface area (Å²) in [4.78, 5) is 4.33. The van der Waals surface area contributed by atoms with E-state index in [-0.39, 0.29) is 0 Å². The first-order valence-electron chi connectivity index (χ1n) is 6.32. The molecule has 0 saturated heterocycles. The van der Waals surface area contributed by atoms with Crippen LogP contribution in [0.15, 0.2) is 6.33 Å². The Morgan fingerprint density at radius 2 is 2.12 bits per heavy atom. The highest BCUT2D eigenvalue weighted by Gasteiger charge is 2.28. The summed E-state index contributed by atoms with van der Waals surface area (Å²) in [5.41, 5.74) is 2.43. The maximum Gasteiger partial charge on any atom is 0.0951 e. The van der Waals surface area contributed by atoms with Crippen molar-refractivity contribution in [3.8, 4) is 0 Å². The van der Waals surface area contributed by atoms with Gasteiger partial charge in [0, 0.05) is 24.3 Å². The lowest BCUT2D eigenvalue weighted by atomic mass is 10.2. The molecule has 1 heterocycles. The summed E-state index contributed by atoms with van der Waals surface area (Å²) in [6.07, 6.45) is 4.76. The number of hydrogen-bond acceptors (Lipinski definition) is 2. The van der Waals surface area contributed by atoms with Crippen LogP contribution in [0.25, 0.3) is 0 Å². The van der Waals surface area contributed by atoms with Crippen molar-refractivity contribution in [2.45, 2.75) is 59.2 Å². The number of imidazole rings is 1. The molecular formula is C13H23N3. The first-order chi connectivity index (χ1) is 7.58. The third-order valence-corrected chi connectivity index (χ3v) is 3.69. The van der Waals surface area contributed by atoms with Gasteiger partial charge in [0.05, 0.1) is 12.0 Å². The van der Waals surface area contributed by atoms with Crippen LogP contribution in [0, 0.1) is 19.8 Å². The van der Waals surface area contributed by atoms with Crippen molar-refractivity contribution in [3.05, 3.63) is 17.7 Å². The lowest BCUT2D eigenvalue weighted by molar-refractivity contribution is 0.395. The first-order valence-corrected chi connectivity index (χ1v) is 6.32. The molecule has 0 amide bonds. The van der Waals surface area contributed by atoms with Gasteiger partial charge in [-0.2, -0.15) is 0 Å². The molecule has 0 radical (unpaired) electrons. The maximum absolute atomic E-state index is 4.33. The molecule has 0 spiro atoms. The Hall–Kier alpha value is -0.830. The van der Waals surface area contributed by atoms with Crippen LogP contribution in [0.4, 0.5) is 0 Å². The SMILES string of the molecule is Cc1ncn(CC(C)NC(C)C2CC2)c1C. The van der Waals surface area contributed by atoms with E-state index in [0.29, 0.717) is 12.1 Å². The van der Waals surface area contributed by atoms with Crippen molar-refractivity contribution in [2.24, 2.45) is 5.92 Å². The molecule has 3 nitrogen and oxygen atoms in total. The zero-order valence-corrected chi connectivity index (χ0v) is 10.8. The van der Waals surface area contributed by atoms with Gasteiger partial charge in [0.1, 0.15) is 0 Å². The van der Waals surface area contributed by atoms with E-state index in [9.17, 15) is 0 Å². The molecule has 0 aromatic carbocycles. The number of rotatable bonds is 5. The van der Waals surface area contributed by atoms with Crippen molar-refractivity contribution in [2.75, 3.05) is 0 Å². The van der Waals surface area contributed by atoms with Gasteiger partial charge in [0.2, 0.25) is 0 Å². The van der Waals surface area contributed by atoms with Gasteiger partial charge in [0.25, 0.3) is 0 Å². The van der Waals surface area contributed by atoms with Gasteiger partial charge in [0.15, 0.2) is 0 Å². The highest BCUT2D eigenvalue weighted by Crippen LogP contribution is 2.32. The van der Waals surface area contributed by atoms with E-state index in [2.05, 4.69) is 42.6 Å². The molecule has 2 atom stereocenters. The Bertz CT molecular complexity index is 352. The van der Waals surface area contributed by atoms with Gasteiger partial charge >= 0.3 is 0 Å². The Labute approximate surface area is 98.3 Å². The zero-order valence-electron chi connectivity index (χ0n) is 10.8. The van der Waals surface area contributed by atoms with Gasteiger partial charge in [-0.1, -0.05) is 0 Å². The van der Waals surface area contributed by atoms with E-state index in [1.165, 1.54) is 18.5 Å². The fraction of sp³-hybridized carbons (Fsp3) is 0.769. The third-order valence-electron chi connectivity index (χ3n) is 3.69. The summed E-state index contributed by atoms with van der Waals surface area (Å²) in [5, 5.41) is 3.68. The van der Waals surface area contributed by atoms with Crippen LogP contribution in [0.1, 0.15) is 38.1 Å². The third kappa shape index (κ3) is 2.64. The zero-order chi connectivity index (χ0) is 11.7. The molecule has 16 heavy (non-hydrogen) atoms. The van der Waals surface area contributed by atoms with E-state index in [1.807, 2.05) is 6.33 Å². The average Bonchev–Trinajstić information content (AvgIpc) is 3.02. The Kier molecular flexibility index (Phi) is 3.33. The van der Waals surface area contributed by atoms with Gasteiger partial charge in [-0.3, -0.25) is 0 Å². The summed E-state index contributed by atoms with van der Waals surface area (Å²) in [7, 11) is 0. The standard InChI is InChI=1S/C13H23N3/c1-9(15-11(3)13-5-6-13)7-16-8-14-10(2)12(16)4/h8-9,11,13,15H,5-7H2,1-4H3. The second kappa shape index (κ2) is 4.58. The van der Waals surface area contributed by atoms with E-state index >= 15 is 0 Å². The smallest absolute Gasteiger partial charge is 0.0951 e. The van der Waals surface area contributed by atoms with E-state index in [4.69, 9.17) is 0 Å². The van der Waals surface area contributed by atoms with E-state index < -0.39 is 0 Å². The van der Waals surface area contributed by atoms with Crippen molar-refractivity contribution < 1.29 is 0 Å². The van der Waals surface area contributed by atoms with Crippen molar-refractivity contribution >= 4 is 0 Å². The largest absolute Gasteiger partial charge is 0.333 e. The van der Waals surface area contributed by atoms with Crippen LogP contribution in [0.3, 0.4) is 0 Å². The molecule has 1 aromatic heterocycles. The van der Waals surface area contributed by atoms with Crippen molar-refractivity contribution in [1.82, 2.24) is 14.9 Å². The monoisotopic (exact) mass is 221 g/mol. The van der Waals surface area contributed by atoms with Crippen molar-refractivity contribution in [1.29, 1.82) is 0 Å². The molecule has 1 saturated carbocycles. The van der Waals surface area contributed by atoms with E-state index in [1.54, 1.807) is 0 Å². The van der Waals surface area contributed by atoms with Gasteiger partial charge in [-0.15, -0.1) is 0 Å². The van der Waals surface area contributed by atoms with Crippen LogP contribution in [0.5, 0.6) is 0 Å². The van der Waals surface area contributed by atoms with Gasteiger partial charge < -0.3 is 9.88 Å². The molecule has 0 aliphatic heterocycles. The highest BCUT2D eigenvalue weighted by molar-refractivity contribution is 5.08. The second-order valence-electron chi connectivity index (χ2n) is 5.26. The van der Waals surface area contributed by atoms with Crippen molar-refractivity contribution in [3.63, 3.8) is 0 Å². The Morgan fingerprint density at radius 1 is 1.44 bits per heavy atom. The summed E-state index contributed by atoms with van der Waals surface area (Å²) in [6.45, 7) is 9.79. The molecule has 1 aromatic rings. The van der Waals surface area contributed by atoms with Gasteiger partial charge in [-0.05, 0) is 46.5 Å². The van der Waals surface area contributed by atoms with Crippen LogP contribution < -0.4 is 5.32 Å². The predicted octanol–water partition coefficient (Wildman–Crippen LogP) is 2.28. The number of hydrogen-bond donors (Lipinski definition) is 1. The Balaban J connectivity index is 1.86. The first kappa shape index (κ1) is 11.6. The quantitative estimate of drug-likeness (QED) is 0.826. The molecule has 1 aliphatic rings. The number of nitrogens with one attached hydrogen (secondary N) is 1. The normalized spacial score (nSPS) is 19.8. The number of aromatic nitrogens is 2. The molecule has 3 heteroatoms. The topological polar surface area (TPSA) is 29.9 Å². The van der Waals surface area contributed by atoms with Gasteiger partial charge in [-0.25, -0.2) is 4.98 Å². The van der Waals surface area contributed by atoms with Crippen LogP contribution >= 0.6 is 0 Å². The highest BCUT2D eigenvalue weighted by atomic mass is 15.1. The number of aryl methyl sites for hydroxylation is 1. The number of nitrogens with zero attached hydrogens (tertiary/aromatic N) is 2. The molecular weight excluding hydrogens is 198 g/mol. The molecule has 90 valence electrons. The fourth-order valence-electron chi connectivity index (χ4n) is 2.26. The molecule has 1 N–H and O–H groups in total. The van der Waals surface area contributed by atoms with E-state index in [0.717, 1.165) is 18.2 Å². The summed E-state index contributed by atoms with van der Waals surface area (Å²) >= 11 is 0.